The van der Waals surface area contributed by atoms with Crippen molar-refractivity contribution in [3.8, 4) is 0 Å². The number of anilines is 1. The van der Waals surface area contributed by atoms with Gasteiger partial charge in [-0.15, -0.1) is 0 Å². The molecule has 1 heterocycles. The maximum absolute atomic E-state index is 12.5. The van der Waals surface area contributed by atoms with E-state index in [9.17, 15) is 19.7 Å². The minimum absolute atomic E-state index is 0.00725. The topological polar surface area (TPSA) is 95.8 Å². The van der Waals surface area contributed by atoms with Crippen molar-refractivity contribution in [2.24, 2.45) is 5.92 Å². The number of nitro groups is 1. The van der Waals surface area contributed by atoms with Crippen molar-refractivity contribution in [1.29, 1.82) is 0 Å². The Bertz CT molecular complexity index is 715. The second kappa shape index (κ2) is 7.72. The molecule has 26 heavy (non-hydrogen) atoms. The van der Waals surface area contributed by atoms with Gasteiger partial charge in [0.1, 0.15) is 5.69 Å². The lowest BCUT2D eigenvalue weighted by Gasteiger charge is -2.36. The minimum Gasteiger partial charge on any atom is -0.355 e. The third kappa shape index (κ3) is 3.79. The van der Waals surface area contributed by atoms with E-state index in [1.54, 1.807) is 17.0 Å². The largest absolute Gasteiger partial charge is 0.355 e. The first-order chi connectivity index (χ1) is 12.5. The van der Waals surface area contributed by atoms with Crippen LogP contribution in [0.4, 0.5) is 11.4 Å². The van der Waals surface area contributed by atoms with Crippen molar-refractivity contribution >= 4 is 23.2 Å². The van der Waals surface area contributed by atoms with Gasteiger partial charge in [0.05, 0.1) is 11.5 Å². The summed E-state index contributed by atoms with van der Waals surface area (Å²) in [5.41, 5.74) is 0.466. The molecule has 0 aromatic heterocycles. The predicted octanol–water partition coefficient (Wildman–Crippen LogP) is 1.79. The van der Waals surface area contributed by atoms with Crippen LogP contribution in [0.2, 0.25) is 0 Å². The minimum atomic E-state index is -0.503. The van der Waals surface area contributed by atoms with Crippen molar-refractivity contribution in [2.75, 3.05) is 38.1 Å². The lowest BCUT2D eigenvalue weighted by atomic mass is 10.1. The van der Waals surface area contributed by atoms with Crippen LogP contribution < -0.4 is 10.2 Å². The van der Waals surface area contributed by atoms with Crippen molar-refractivity contribution in [1.82, 2.24) is 10.2 Å². The SMILES string of the molecule is CNC(=O)c1ccc(N2CCN(CC3CCCC3)C(=O)C2)c([N+](=O)[O-])c1. The average molecular weight is 360 g/mol. The lowest BCUT2D eigenvalue weighted by Crippen LogP contribution is -2.51. The Morgan fingerprint density at radius 2 is 2.04 bits per heavy atom. The Balaban J connectivity index is 1.74. The molecule has 0 bridgehead atoms. The molecule has 3 rings (SSSR count). The highest BCUT2D eigenvalue weighted by molar-refractivity contribution is 5.95. The first kappa shape index (κ1) is 18.2. The summed E-state index contributed by atoms with van der Waals surface area (Å²) in [6.07, 6.45) is 4.84. The zero-order valence-electron chi connectivity index (χ0n) is 14.9. The fourth-order valence-corrected chi connectivity index (χ4v) is 3.83. The van der Waals surface area contributed by atoms with Gasteiger partial charge in [0.15, 0.2) is 0 Å². The number of hydrogen-bond acceptors (Lipinski definition) is 5. The molecule has 1 aromatic rings. The van der Waals surface area contributed by atoms with Crippen LogP contribution in [0.1, 0.15) is 36.0 Å². The molecule has 1 N–H and O–H groups in total. The van der Waals surface area contributed by atoms with Crippen molar-refractivity contribution in [3.63, 3.8) is 0 Å². The van der Waals surface area contributed by atoms with E-state index in [0.29, 0.717) is 24.7 Å². The van der Waals surface area contributed by atoms with Crippen LogP contribution >= 0.6 is 0 Å². The summed E-state index contributed by atoms with van der Waals surface area (Å²) >= 11 is 0. The molecule has 1 aliphatic carbocycles. The summed E-state index contributed by atoms with van der Waals surface area (Å²) in [6, 6.07) is 4.38. The maximum atomic E-state index is 12.5. The van der Waals surface area contributed by atoms with E-state index in [2.05, 4.69) is 5.32 Å². The van der Waals surface area contributed by atoms with E-state index in [4.69, 9.17) is 0 Å². The fraction of sp³-hybridized carbons (Fsp3) is 0.556. The second-order valence-electron chi connectivity index (χ2n) is 6.95. The summed E-state index contributed by atoms with van der Waals surface area (Å²) in [4.78, 5) is 38.8. The van der Waals surface area contributed by atoms with Crippen LogP contribution in [-0.4, -0.2) is 54.9 Å². The predicted molar refractivity (Wildman–Crippen MR) is 97.2 cm³/mol. The maximum Gasteiger partial charge on any atom is 0.293 e. The summed E-state index contributed by atoms with van der Waals surface area (Å²) in [5, 5.41) is 13.9. The zero-order chi connectivity index (χ0) is 18.7. The highest BCUT2D eigenvalue weighted by Gasteiger charge is 2.30. The number of piperazine rings is 1. The molecule has 8 heteroatoms. The number of amides is 2. The Morgan fingerprint density at radius 1 is 1.31 bits per heavy atom. The van der Waals surface area contributed by atoms with Gasteiger partial charge in [-0.2, -0.15) is 0 Å². The Kier molecular flexibility index (Phi) is 5.39. The van der Waals surface area contributed by atoms with Gasteiger partial charge in [-0.3, -0.25) is 19.7 Å². The van der Waals surface area contributed by atoms with Crippen LogP contribution in [0.5, 0.6) is 0 Å². The Hall–Kier alpha value is -2.64. The van der Waals surface area contributed by atoms with E-state index in [-0.39, 0.29) is 29.6 Å². The molecular formula is C18H24N4O4. The van der Waals surface area contributed by atoms with Gasteiger partial charge < -0.3 is 15.1 Å². The summed E-state index contributed by atoms with van der Waals surface area (Å²) in [6.45, 7) is 2.06. The van der Waals surface area contributed by atoms with E-state index in [1.165, 1.54) is 38.8 Å². The number of nitrogens with zero attached hydrogens (tertiary/aromatic N) is 3. The van der Waals surface area contributed by atoms with Gasteiger partial charge in [-0.25, -0.2) is 0 Å². The van der Waals surface area contributed by atoms with Crippen LogP contribution in [0.25, 0.3) is 0 Å². The fourth-order valence-electron chi connectivity index (χ4n) is 3.83. The number of benzene rings is 1. The molecular weight excluding hydrogens is 336 g/mol. The average Bonchev–Trinajstić information content (AvgIpc) is 3.15. The second-order valence-corrected chi connectivity index (χ2v) is 6.95. The standard InChI is InChI=1S/C18H24N4O4/c1-19-18(24)14-6-7-15(16(10-14)22(25)26)20-8-9-21(17(23)12-20)11-13-4-2-3-5-13/h6-7,10,13H,2-5,8-9,11-12H2,1H3,(H,19,24). The molecule has 8 nitrogen and oxygen atoms in total. The van der Waals surface area contributed by atoms with Crippen LogP contribution in [0, 0.1) is 16.0 Å². The molecule has 140 valence electrons. The molecule has 2 fully saturated rings. The van der Waals surface area contributed by atoms with E-state index in [1.807, 2.05) is 4.90 Å². The molecule has 0 spiro atoms. The molecule has 1 saturated carbocycles. The van der Waals surface area contributed by atoms with Gasteiger partial charge in [0.25, 0.3) is 11.6 Å². The van der Waals surface area contributed by atoms with Gasteiger partial charge in [-0.05, 0) is 30.9 Å². The molecule has 0 unspecified atom stereocenters. The smallest absolute Gasteiger partial charge is 0.293 e. The van der Waals surface area contributed by atoms with E-state index < -0.39 is 4.92 Å². The van der Waals surface area contributed by atoms with Gasteiger partial charge in [-0.1, -0.05) is 12.8 Å². The molecule has 0 radical (unpaired) electrons. The quantitative estimate of drug-likeness (QED) is 0.638. The normalized spacial score (nSPS) is 18.3. The van der Waals surface area contributed by atoms with Crippen molar-refractivity contribution < 1.29 is 14.5 Å². The van der Waals surface area contributed by atoms with Crippen molar-refractivity contribution in [2.45, 2.75) is 25.7 Å². The van der Waals surface area contributed by atoms with Crippen LogP contribution in [0.15, 0.2) is 18.2 Å². The molecule has 2 amide bonds. The zero-order valence-corrected chi connectivity index (χ0v) is 14.9. The summed E-state index contributed by atoms with van der Waals surface area (Å²) in [7, 11) is 1.48. The van der Waals surface area contributed by atoms with Gasteiger partial charge >= 0.3 is 0 Å². The summed E-state index contributed by atoms with van der Waals surface area (Å²) < 4.78 is 0. The lowest BCUT2D eigenvalue weighted by molar-refractivity contribution is -0.384. The number of hydrogen-bond donors (Lipinski definition) is 1. The first-order valence-corrected chi connectivity index (χ1v) is 9.03. The number of rotatable bonds is 5. The van der Waals surface area contributed by atoms with E-state index >= 15 is 0 Å². The molecule has 1 aromatic carbocycles. The first-order valence-electron chi connectivity index (χ1n) is 9.03. The van der Waals surface area contributed by atoms with Crippen LogP contribution in [-0.2, 0) is 4.79 Å². The third-order valence-electron chi connectivity index (χ3n) is 5.27. The van der Waals surface area contributed by atoms with E-state index in [0.717, 1.165) is 6.54 Å². The highest BCUT2D eigenvalue weighted by Crippen LogP contribution is 2.31. The molecule has 1 saturated heterocycles. The monoisotopic (exact) mass is 360 g/mol. The Morgan fingerprint density at radius 3 is 2.65 bits per heavy atom. The van der Waals surface area contributed by atoms with Crippen LogP contribution in [0.3, 0.4) is 0 Å². The molecule has 2 aliphatic rings. The Labute approximate surface area is 152 Å². The molecule has 1 aliphatic heterocycles. The molecule has 0 atom stereocenters. The third-order valence-corrected chi connectivity index (χ3v) is 5.27. The number of nitro benzene ring substituents is 1. The number of carbonyl (C=O) groups is 2. The van der Waals surface area contributed by atoms with Gasteiger partial charge in [0.2, 0.25) is 5.91 Å². The highest BCUT2D eigenvalue weighted by atomic mass is 16.6. The number of nitrogens with one attached hydrogen (secondary N) is 1. The summed E-state index contributed by atoms with van der Waals surface area (Å²) in [5.74, 6) is 0.219. The van der Waals surface area contributed by atoms with Gasteiger partial charge in [0, 0.05) is 38.3 Å². The van der Waals surface area contributed by atoms with Crippen molar-refractivity contribution in [3.05, 3.63) is 33.9 Å². The number of carbonyl (C=O) groups excluding carboxylic acids is 2.